The van der Waals surface area contributed by atoms with Crippen LogP contribution in [0.3, 0.4) is 0 Å². The number of carbonyl (C=O) groups excluding carboxylic acids is 2. The molecule has 0 saturated heterocycles. The second-order valence-electron chi connectivity index (χ2n) is 7.82. The van der Waals surface area contributed by atoms with Gasteiger partial charge in [-0.3, -0.25) is 9.59 Å². The molecule has 0 unspecified atom stereocenters. The van der Waals surface area contributed by atoms with Crippen LogP contribution in [0.2, 0.25) is 51.4 Å². The lowest BCUT2D eigenvalue weighted by molar-refractivity contribution is -0.151. The molecule has 0 heterocycles. The summed E-state index contributed by atoms with van der Waals surface area (Å²) in [5.74, 6) is -0.946. The molecule has 0 saturated carbocycles. The first-order valence-electron chi connectivity index (χ1n) is 7.48. The fourth-order valence-electron chi connectivity index (χ4n) is 1.36. The molecular weight excluding hydrogens is 302 g/mol. The summed E-state index contributed by atoms with van der Waals surface area (Å²) in [7, 11) is -2.45. The summed E-state index contributed by atoms with van der Waals surface area (Å²) in [6.07, 6.45) is -0.114. The van der Waals surface area contributed by atoms with Crippen molar-refractivity contribution < 1.29 is 19.1 Å². The summed E-state index contributed by atoms with van der Waals surface area (Å²) in [5, 5.41) is 0. The summed E-state index contributed by atoms with van der Waals surface area (Å²) in [4.78, 5) is 23.3. The maximum absolute atomic E-state index is 11.7. The van der Waals surface area contributed by atoms with E-state index in [0.29, 0.717) is 13.2 Å². The van der Waals surface area contributed by atoms with E-state index in [1.165, 1.54) is 0 Å². The third-order valence-corrected chi connectivity index (χ3v) is 6.31. The molecular formula is C14H31NO4Si2. The lowest BCUT2D eigenvalue weighted by Crippen LogP contribution is -2.36. The van der Waals surface area contributed by atoms with Crippen LogP contribution in [-0.4, -0.2) is 47.3 Å². The molecule has 7 heteroatoms. The summed E-state index contributed by atoms with van der Waals surface area (Å²) >= 11 is 0. The molecule has 0 amide bonds. The normalized spacial score (nSPS) is 13.7. The fraction of sp³-hybridized carbons (Fsp3) is 0.857. The average molecular weight is 334 g/mol. The molecule has 5 nitrogen and oxygen atoms in total. The van der Waals surface area contributed by atoms with Gasteiger partial charge in [0.15, 0.2) is 0 Å². The third kappa shape index (κ3) is 12.8. The Hall–Kier alpha value is -0.666. The standard InChI is InChI=1S/C14H31NO4Si2/c1-20(2,3)9-7-18-13(16)11-12(15)14(17)19-8-10-21(4,5)6/h12H,7-11,15H2,1-6H3/t12-/m0/s1. The Labute approximate surface area is 130 Å². The van der Waals surface area contributed by atoms with Gasteiger partial charge in [0.25, 0.3) is 0 Å². The number of carbonyl (C=O) groups is 2. The molecule has 2 N–H and O–H groups in total. The number of rotatable bonds is 9. The molecule has 0 aromatic rings. The van der Waals surface area contributed by atoms with Crippen LogP contribution in [0.15, 0.2) is 0 Å². The Morgan fingerprint density at radius 2 is 1.33 bits per heavy atom. The zero-order chi connectivity index (χ0) is 16.7. The Morgan fingerprint density at radius 1 is 0.905 bits per heavy atom. The number of ether oxygens (including phenoxy) is 2. The van der Waals surface area contributed by atoms with Gasteiger partial charge in [0, 0.05) is 16.1 Å². The smallest absolute Gasteiger partial charge is 0.323 e. The van der Waals surface area contributed by atoms with Crippen molar-refractivity contribution in [2.24, 2.45) is 5.73 Å². The van der Waals surface area contributed by atoms with Crippen LogP contribution in [0.1, 0.15) is 6.42 Å². The largest absolute Gasteiger partial charge is 0.466 e. The van der Waals surface area contributed by atoms with E-state index < -0.39 is 34.1 Å². The topological polar surface area (TPSA) is 78.6 Å². The van der Waals surface area contributed by atoms with Crippen molar-refractivity contribution in [2.75, 3.05) is 13.2 Å². The molecule has 0 fully saturated rings. The quantitative estimate of drug-likeness (QED) is 0.518. The first kappa shape index (κ1) is 20.3. The molecule has 0 aliphatic carbocycles. The van der Waals surface area contributed by atoms with Crippen LogP contribution >= 0.6 is 0 Å². The molecule has 0 rings (SSSR count). The van der Waals surface area contributed by atoms with Crippen molar-refractivity contribution in [3.05, 3.63) is 0 Å². The predicted molar refractivity (Wildman–Crippen MR) is 90.8 cm³/mol. The Bertz CT molecular complexity index is 348. The molecule has 0 aromatic heterocycles. The van der Waals surface area contributed by atoms with Gasteiger partial charge in [0.05, 0.1) is 19.6 Å². The van der Waals surface area contributed by atoms with E-state index in [1.807, 2.05) is 0 Å². The monoisotopic (exact) mass is 333 g/mol. The molecule has 0 radical (unpaired) electrons. The summed E-state index contributed by atoms with van der Waals surface area (Å²) in [5.41, 5.74) is 5.67. The lowest BCUT2D eigenvalue weighted by atomic mass is 10.2. The van der Waals surface area contributed by atoms with Crippen molar-refractivity contribution >= 4 is 28.1 Å². The van der Waals surface area contributed by atoms with Crippen LogP contribution in [0.5, 0.6) is 0 Å². The SMILES string of the molecule is C[Si](C)(C)CCOC(=O)C[C@H](N)C(=O)OCC[Si](C)(C)C. The third-order valence-electron chi connectivity index (χ3n) is 2.90. The zero-order valence-corrected chi connectivity index (χ0v) is 16.3. The molecule has 1 atom stereocenters. The van der Waals surface area contributed by atoms with Gasteiger partial charge in [-0.05, 0) is 12.1 Å². The first-order chi connectivity index (χ1) is 9.41. The molecule has 0 aliphatic rings. The highest BCUT2D eigenvalue weighted by molar-refractivity contribution is 6.76. The van der Waals surface area contributed by atoms with E-state index in [2.05, 4.69) is 39.3 Å². The number of hydrogen-bond acceptors (Lipinski definition) is 5. The van der Waals surface area contributed by atoms with E-state index in [9.17, 15) is 9.59 Å². The van der Waals surface area contributed by atoms with Gasteiger partial charge in [-0.2, -0.15) is 0 Å². The van der Waals surface area contributed by atoms with Crippen LogP contribution in [0, 0.1) is 0 Å². The van der Waals surface area contributed by atoms with Crippen LogP contribution in [0.4, 0.5) is 0 Å². The summed E-state index contributed by atoms with van der Waals surface area (Å²) in [6.45, 7) is 14.0. The van der Waals surface area contributed by atoms with Gasteiger partial charge in [-0.1, -0.05) is 39.3 Å². The Morgan fingerprint density at radius 3 is 1.76 bits per heavy atom. The Balaban J connectivity index is 3.93. The summed E-state index contributed by atoms with van der Waals surface area (Å²) < 4.78 is 10.2. The highest BCUT2D eigenvalue weighted by Crippen LogP contribution is 2.09. The van der Waals surface area contributed by atoms with E-state index in [4.69, 9.17) is 15.2 Å². The molecule has 0 aliphatic heterocycles. The highest BCUT2D eigenvalue weighted by Gasteiger charge is 2.22. The minimum atomic E-state index is -1.23. The highest BCUT2D eigenvalue weighted by atomic mass is 28.3. The van der Waals surface area contributed by atoms with E-state index in [1.54, 1.807) is 0 Å². The van der Waals surface area contributed by atoms with Crippen molar-refractivity contribution in [1.82, 2.24) is 0 Å². The molecule has 0 bridgehead atoms. The minimum Gasteiger partial charge on any atom is -0.466 e. The van der Waals surface area contributed by atoms with Crippen LogP contribution in [0.25, 0.3) is 0 Å². The van der Waals surface area contributed by atoms with Crippen LogP contribution < -0.4 is 5.73 Å². The molecule has 0 spiro atoms. The minimum absolute atomic E-state index is 0.114. The van der Waals surface area contributed by atoms with Gasteiger partial charge < -0.3 is 15.2 Å². The van der Waals surface area contributed by atoms with Crippen LogP contribution in [-0.2, 0) is 19.1 Å². The Kier molecular flexibility index (Phi) is 8.42. The maximum atomic E-state index is 11.7. The molecule has 21 heavy (non-hydrogen) atoms. The van der Waals surface area contributed by atoms with Gasteiger partial charge in [-0.15, -0.1) is 0 Å². The van der Waals surface area contributed by atoms with Crippen molar-refractivity contribution in [2.45, 2.75) is 63.8 Å². The van der Waals surface area contributed by atoms with E-state index >= 15 is 0 Å². The van der Waals surface area contributed by atoms with Gasteiger partial charge in [-0.25, -0.2) is 0 Å². The van der Waals surface area contributed by atoms with Gasteiger partial charge in [0.2, 0.25) is 0 Å². The van der Waals surface area contributed by atoms with E-state index in [0.717, 1.165) is 12.1 Å². The summed E-state index contributed by atoms with van der Waals surface area (Å²) in [6, 6.07) is 0.881. The lowest BCUT2D eigenvalue weighted by Gasteiger charge is -2.17. The fourth-order valence-corrected chi connectivity index (χ4v) is 2.79. The van der Waals surface area contributed by atoms with Crippen molar-refractivity contribution in [3.8, 4) is 0 Å². The number of esters is 2. The molecule has 0 aromatic carbocycles. The second-order valence-corrected chi connectivity index (χ2v) is 19.1. The van der Waals surface area contributed by atoms with Gasteiger partial charge in [0.1, 0.15) is 6.04 Å². The number of nitrogens with two attached hydrogens (primary N) is 1. The van der Waals surface area contributed by atoms with E-state index in [-0.39, 0.29) is 6.42 Å². The first-order valence-corrected chi connectivity index (χ1v) is 14.9. The zero-order valence-electron chi connectivity index (χ0n) is 14.3. The molecule has 124 valence electrons. The van der Waals surface area contributed by atoms with Crippen molar-refractivity contribution in [1.29, 1.82) is 0 Å². The number of hydrogen-bond donors (Lipinski definition) is 1. The van der Waals surface area contributed by atoms with Crippen molar-refractivity contribution in [3.63, 3.8) is 0 Å². The predicted octanol–water partition coefficient (Wildman–Crippen LogP) is 2.47. The second kappa shape index (κ2) is 8.70. The maximum Gasteiger partial charge on any atom is 0.323 e. The van der Waals surface area contributed by atoms with Gasteiger partial charge >= 0.3 is 11.9 Å². The average Bonchev–Trinajstić information content (AvgIpc) is 2.24.